The van der Waals surface area contributed by atoms with Gasteiger partial charge in [-0.1, -0.05) is 71.6 Å². The summed E-state index contributed by atoms with van der Waals surface area (Å²) in [6.07, 6.45) is 3.19. The molecule has 0 saturated carbocycles. The highest BCUT2D eigenvalue weighted by atomic mass is 19.3. The van der Waals surface area contributed by atoms with Crippen LogP contribution >= 0.6 is 0 Å². The van der Waals surface area contributed by atoms with Crippen LogP contribution in [0.5, 0.6) is 5.75 Å². The van der Waals surface area contributed by atoms with E-state index in [2.05, 4.69) is 70.8 Å². The summed E-state index contributed by atoms with van der Waals surface area (Å²) in [7, 11) is 2.37. The molecule has 3 aromatic carbocycles. The molecule has 5 atom stereocenters. The lowest BCUT2D eigenvalue weighted by molar-refractivity contribution is -0.168. The van der Waals surface area contributed by atoms with Crippen molar-refractivity contribution in [3.8, 4) is 28.1 Å². The number of methoxy groups -OCH3 is 2. The number of benzene rings is 3. The minimum atomic E-state index is -3.16. The fraction of sp³-hybridized carbons (Fsp3) is 0.467. The second-order valence-electron chi connectivity index (χ2n) is 16.0. The van der Waals surface area contributed by atoms with Crippen molar-refractivity contribution >= 4 is 45.8 Å². The van der Waals surface area contributed by atoms with Crippen molar-refractivity contribution in [3.05, 3.63) is 65.9 Å². The third kappa shape index (κ3) is 10.8. The summed E-state index contributed by atoms with van der Waals surface area (Å²) < 4.78 is 46.5. The van der Waals surface area contributed by atoms with E-state index in [4.69, 9.17) is 14.5 Å². The van der Waals surface area contributed by atoms with Gasteiger partial charge < -0.3 is 50.2 Å². The number of hydrogen-bond donors (Lipinski definition) is 6. The Morgan fingerprint density at radius 2 is 1.44 bits per heavy atom. The fourth-order valence-electron chi connectivity index (χ4n) is 7.74. The number of nitrogens with one attached hydrogen (secondary N) is 6. The number of carbonyl (C=O) groups is 4. The molecule has 16 nitrogen and oxygen atoms in total. The van der Waals surface area contributed by atoms with Crippen molar-refractivity contribution in [2.75, 3.05) is 14.2 Å². The summed E-state index contributed by atoms with van der Waals surface area (Å²) in [5.41, 5.74) is 5.96. The third-order valence-corrected chi connectivity index (χ3v) is 11.2. The number of aromatic nitrogens is 4. The van der Waals surface area contributed by atoms with Crippen LogP contribution in [-0.4, -0.2) is 83.0 Å². The van der Waals surface area contributed by atoms with Crippen molar-refractivity contribution in [2.45, 2.75) is 117 Å². The first-order valence-electron chi connectivity index (χ1n) is 21.3. The molecule has 1 aliphatic heterocycles. The normalized spacial score (nSPS) is 14.5. The van der Waals surface area contributed by atoms with E-state index in [1.54, 1.807) is 6.20 Å². The fourth-order valence-corrected chi connectivity index (χ4v) is 7.74. The van der Waals surface area contributed by atoms with Gasteiger partial charge in [-0.05, 0) is 72.0 Å². The Bertz CT molecular complexity index is 2420. The molecular formula is C45H56F2N8O8. The van der Waals surface area contributed by atoms with Gasteiger partial charge in [0.1, 0.15) is 36.1 Å². The average Bonchev–Trinajstić information content (AvgIpc) is 3.95. The van der Waals surface area contributed by atoms with Gasteiger partial charge in [-0.25, -0.2) is 19.6 Å². The lowest BCUT2D eigenvalue weighted by atomic mass is 9.92. The zero-order valence-corrected chi connectivity index (χ0v) is 36.5. The minimum Gasteiger partial charge on any atom is -0.488 e. The molecule has 18 heteroatoms. The Hall–Kier alpha value is -6.30. The van der Waals surface area contributed by atoms with E-state index < -0.39 is 55.0 Å². The van der Waals surface area contributed by atoms with E-state index in [0.29, 0.717) is 42.4 Å². The largest absolute Gasteiger partial charge is 0.488 e. The number of hydrogen-bond acceptors (Lipinski definition) is 10. The molecule has 0 radical (unpaired) electrons. The molecule has 3 heterocycles. The van der Waals surface area contributed by atoms with Crippen LogP contribution in [0.4, 0.5) is 18.4 Å². The Labute approximate surface area is 364 Å². The second kappa shape index (κ2) is 20.7. The molecule has 63 heavy (non-hydrogen) atoms. The van der Waals surface area contributed by atoms with Crippen LogP contribution in [0.3, 0.4) is 0 Å². The molecule has 0 fully saturated rings. The SMILES string of the molecule is CCCC[C@H](NC(=O)[C@@H](NC(=O)OC)C(C)C)c1ncc(-c2ccc3c(c2)COc2cc4c(ccc5[nH]c([C@H](CCCC)NC(=O)[C@@H](NC(=O)OC)[C@@H](C)OC(F)F)nc54)cc2-3)[nH]1. The number of fused-ring (bicyclic) bond motifs is 6. The van der Waals surface area contributed by atoms with E-state index in [9.17, 15) is 28.0 Å². The zero-order valence-electron chi connectivity index (χ0n) is 36.5. The number of nitrogens with zero attached hydrogens (tertiary/aromatic N) is 2. The first-order valence-corrected chi connectivity index (χ1v) is 21.3. The maximum Gasteiger partial charge on any atom is 0.407 e. The number of rotatable bonds is 19. The molecule has 1 aliphatic rings. The van der Waals surface area contributed by atoms with Gasteiger partial charge in [0, 0.05) is 10.9 Å². The van der Waals surface area contributed by atoms with E-state index in [0.717, 1.165) is 77.0 Å². The van der Waals surface area contributed by atoms with Crippen LogP contribution in [0.1, 0.15) is 102 Å². The summed E-state index contributed by atoms with van der Waals surface area (Å²) in [5.74, 6) is 0.527. The topological polar surface area (TPSA) is 211 Å². The predicted octanol–water partition coefficient (Wildman–Crippen LogP) is 8.09. The highest BCUT2D eigenvalue weighted by Crippen LogP contribution is 2.43. The standard InChI is InChI=1S/C45H56F2N8O8/c1-8-10-12-32(51-41(56)36(23(3)4)54-44(58)60-6)39-48-21-34(50-39)26-14-16-28-27(18-26)22-62-35-20-29-25(19-30(28)35)15-17-31-38(29)53-40(49-31)33(13-11-9-2)52-42(57)37(55-45(59)61-7)24(5)63-43(46)47/h14-21,23-24,32-33,36-37,43H,8-13,22H2,1-7H3,(H,48,50)(H,49,53)(H,51,56)(H,52,57)(H,54,58)(H,55,59)/t24-,32+,33+,36+,37+/m1/s1. The van der Waals surface area contributed by atoms with Crippen LogP contribution in [0.2, 0.25) is 0 Å². The third-order valence-electron chi connectivity index (χ3n) is 11.2. The van der Waals surface area contributed by atoms with E-state index >= 15 is 0 Å². The van der Waals surface area contributed by atoms with E-state index in [1.165, 1.54) is 14.0 Å². The quantitative estimate of drug-likeness (QED) is 0.0470. The van der Waals surface area contributed by atoms with Gasteiger partial charge in [-0.15, -0.1) is 0 Å². The monoisotopic (exact) mass is 874 g/mol. The summed E-state index contributed by atoms with van der Waals surface area (Å²) in [6.45, 7) is 6.20. The molecule has 5 aromatic rings. The minimum absolute atomic E-state index is 0.173. The number of amides is 4. The van der Waals surface area contributed by atoms with Crippen LogP contribution in [0, 0.1) is 5.92 Å². The Morgan fingerprint density at radius 1 is 0.794 bits per heavy atom. The number of unbranched alkanes of at least 4 members (excludes halogenated alkanes) is 2. The van der Waals surface area contributed by atoms with Crippen LogP contribution in [-0.2, 0) is 30.4 Å². The number of halogens is 2. The van der Waals surface area contributed by atoms with Gasteiger partial charge in [0.05, 0.1) is 55.3 Å². The second-order valence-corrected chi connectivity index (χ2v) is 16.0. The molecule has 6 N–H and O–H groups in total. The first kappa shape index (κ1) is 46.2. The Morgan fingerprint density at radius 3 is 2.08 bits per heavy atom. The first-order chi connectivity index (χ1) is 30.2. The van der Waals surface area contributed by atoms with E-state index in [-0.39, 0.29) is 11.8 Å². The molecule has 6 rings (SSSR count). The van der Waals surface area contributed by atoms with Gasteiger partial charge in [0.2, 0.25) is 11.8 Å². The average molecular weight is 875 g/mol. The highest BCUT2D eigenvalue weighted by Gasteiger charge is 2.33. The molecule has 4 amide bonds. The number of aromatic amines is 2. The van der Waals surface area contributed by atoms with E-state index in [1.807, 2.05) is 45.0 Å². The summed E-state index contributed by atoms with van der Waals surface area (Å²) in [5, 5.41) is 12.6. The highest BCUT2D eigenvalue weighted by molar-refractivity contribution is 6.07. The molecule has 2 aromatic heterocycles. The van der Waals surface area contributed by atoms with Gasteiger partial charge in [0.25, 0.3) is 0 Å². The van der Waals surface area contributed by atoms with Gasteiger partial charge in [0.15, 0.2) is 0 Å². The smallest absolute Gasteiger partial charge is 0.407 e. The van der Waals surface area contributed by atoms with Gasteiger partial charge >= 0.3 is 18.8 Å². The van der Waals surface area contributed by atoms with Crippen molar-refractivity contribution in [3.63, 3.8) is 0 Å². The number of imidazole rings is 2. The number of alkyl carbamates (subject to hydrolysis) is 2. The summed E-state index contributed by atoms with van der Waals surface area (Å²) >= 11 is 0. The zero-order chi connectivity index (χ0) is 45.4. The molecular weight excluding hydrogens is 819 g/mol. The molecule has 0 bridgehead atoms. The summed E-state index contributed by atoms with van der Waals surface area (Å²) in [6, 6.07) is 10.8. The number of ether oxygens (including phenoxy) is 4. The number of H-pyrrole nitrogens is 2. The number of carbonyl (C=O) groups excluding carboxylic acids is 4. The lowest BCUT2D eigenvalue weighted by Crippen LogP contribution is -2.54. The molecule has 0 spiro atoms. The molecule has 0 saturated heterocycles. The van der Waals surface area contributed by atoms with Crippen LogP contribution in [0.25, 0.3) is 44.2 Å². The van der Waals surface area contributed by atoms with Crippen molar-refractivity contribution in [2.24, 2.45) is 5.92 Å². The lowest BCUT2D eigenvalue weighted by Gasteiger charge is -2.26. The summed E-state index contributed by atoms with van der Waals surface area (Å²) in [4.78, 5) is 67.3. The van der Waals surface area contributed by atoms with Gasteiger partial charge in [-0.3, -0.25) is 9.59 Å². The van der Waals surface area contributed by atoms with Crippen molar-refractivity contribution in [1.29, 1.82) is 0 Å². The molecule has 338 valence electrons. The van der Waals surface area contributed by atoms with Gasteiger partial charge in [-0.2, -0.15) is 8.78 Å². The molecule has 0 aliphatic carbocycles. The van der Waals surface area contributed by atoms with Crippen molar-refractivity contribution < 1.29 is 46.9 Å². The Kier molecular flexibility index (Phi) is 15.2. The van der Waals surface area contributed by atoms with Crippen LogP contribution < -0.4 is 26.0 Å². The predicted molar refractivity (Wildman–Crippen MR) is 232 cm³/mol. The maximum absolute atomic E-state index is 13.5. The Balaban J connectivity index is 1.25. The maximum atomic E-state index is 13.5. The molecule has 0 unspecified atom stereocenters. The van der Waals surface area contributed by atoms with Crippen molar-refractivity contribution in [1.82, 2.24) is 41.2 Å². The number of alkyl halides is 2. The van der Waals surface area contributed by atoms with Crippen LogP contribution in [0.15, 0.2) is 48.7 Å².